The molecular weight excluding hydrogens is 404 g/mol. The molecule has 1 unspecified atom stereocenters. The molecule has 2 N–H and O–H groups in total. The van der Waals surface area contributed by atoms with Crippen molar-refractivity contribution in [1.29, 1.82) is 0 Å². The molecule has 0 aliphatic carbocycles. The minimum atomic E-state index is -6.26. The number of halogens is 6. The number of hydrogen-bond acceptors (Lipinski definition) is 6. The van der Waals surface area contributed by atoms with Gasteiger partial charge in [-0.15, -0.1) is 6.58 Å². The van der Waals surface area contributed by atoms with Gasteiger partial charge >= 0.3 is 39.2 Å². The van der Waals surface area contributed by atoms with E-state index in [1.807, 2.05) is 0 Å². The molecule has 0 aliphatic heterocycles. The van der Waals surface area contributed by atoms with Gasteiger partial charge in [0.2, 0.25) is 5.83 Å². The average molecular weight is 415 g/mol. The van der Waals surface area contributed by atoms with E-state index in [4.69, 9.17) is 4.55 Å². The van der Waals surface area contributed by atoms with Crippen molar-refractivity contribution in [3.63, 3.8) is 0 Å². The summed E-state index contributed by atoms with van der Waals surface area (Å²) in [5, 5.41) is -3.92. The van der Waals surface area contributed by atoms with E-state index < -0.39 is 58.2 Å². The number of esters is 1. The monoisotopic (exact) mass is 415 g/mol. The summed E-state index contributed by atoms with van der Waals surface area (Å²) in [7, 11) is -6.26. The molecule has 8 nitrogen and oxygen atoms in total. The van der Waals surface area contributed by atoms with Gasteiger partial charge in [-0.1, -0.05) is 12.7 Å². The van der Waals surface area contributed by atoms with Gasteiger partial charge in [-0.25, -0.2) is 4.79 Å². The smallest absolute Gasteiger partial charge is 0.410 e. The van der Waals surface area contributed by atoms with Gasteiger partial charge < -0.3 is 14.8 Å². The second-order valence-electron chi connectivity index (χ2n) is 4.31. The molecule has 0 aromatic heterocycles. The lowest BCUT2D eigenvalue weighted by atomic mass is 10.2. The Morgan fingerprint density at radius 1 is 1.19 bits per heavy atom. The Hall–Kier alpha value is -2.13. The van der Waals surface area contributed by atoms with E-state index in [1.165, 1.54) is 5.32 Å². The van der Waals surface area contributed by atoms with Gasteiger partial charge in [0, 0.05) is 6.54 Å². The number of alkyl halides is 5. The highest BCUT2D eigenvalue weighted by molar-refractivity contribution is 7.86. The molecule has 15 heteroatoms. The zero-order chi connectivity index (χ0) is 21.0. The minimum absolute atomic E-state index is 0.706. The van der Waals surface area contributed by atoms with E-state index in [-0.39, 0.29) is 0 Å². The summed E-state index contributed by atoms with van der Waals surface area (Å²) in [5.41, 5.74) is 0. The van der Waals surface area contributed by atoms with Gasteiger partial charge in [0.15, 0.2) is 0 Å². The minimum Gasteiger partial charge on any atom is -0.410 e. The van der Waals surface area contributed by atoms with Crippen molar-refractivity contribution in [2.45, 2.75) is 17.2 Å². The molecule has 0 spiro atoms. The first-order valence-electron chi connectivity index (χ1n) is 6.04. The topological polar surface area (TPSA) is 119 Å². The fraction of sp³-hybridized carbons (Fsp3) is 0.455. The molecular formula is C11H11F6NO7S. The van der Waals surface area contributed by atoms with Gasteiger partial charge in [-0.3, -0.25) is 9.35 Å². The molecule has 0 saturated carbocycles. The second kappa shape index (κ2) is 8.05. The third-order valence-corrected chi connectivity index (χ3v) is 3.23. The van der Waals surface area contributed by atoms with Gasteiger partial charge in [0.1, 0.15) is 6.61 Å². The van der Waals surface area contributed by atoms with E-state index in [9.17, 15) is 44.3 Å². The van der Waals surface area contributed by atoms with E-state index in [1.54, 1.807) is 0 Å². The third-order valence-electron chi connectivity index (χ3n) is 2.36. The van der Waals surface area contributed by atoms with Crippen molar-refractivity contribution in [3.8, 4) is 0 Å². The Morgan fingerprint density at radius 2 is 1.69 bits per heavy atom. The SMILES string of the molecule is C=CCNC(=O)C(OCC(F)(F)S(=O)(=O)O)(OC(=O)C(=C)F)C(F)(F)F. The first-order valence-corrected chi connectivity index (χ1v) is 7.48. The Morgan fingerprint density at radius 3 is 2.04 bits per heavy atom. The zero-order valence-electron chi connectivity index (χ0n) is 12.5. The fourth-order valence-corrected chi connectivity index (χ4v) is 1.34. The summed E-state index contributed by atoms with van der Waals surface area (Å²) < 4.78 is 115. The molecule has 0 aromatic rings. The molecule has 1 atom stereocenters. The lowest BCUT2D eigenvalue weighted by Gasteiger charge is -2.33. The van der Waals surface area contributed by atoms with Crippen molar-refractivity contribution in [1.82, 2.24) is 5.32 Å². The molecule has 0 bridgehead atoms. The summed E-state index contributed by atoms with van der Waals surface area (Å²) in [6, 6.07) is 0. The predicted molar refractivity (Wildman–Crippen MR) is 70.8 cm³/mol. The van der Waals surface area contributed by atoms with Crippen LogP contribution in [0.1, 0.15) is 0 Å². The molecule has 0 rings (SSSR count). The van der Waals surface area contributed by atoms with Crippen LogP contribution in [0.4, 0.5) is 26.3 Å². The Balaban J connectivity index is 6.10. The number of amides is 1. The van der Waals surface area contributed by atoms with Crippen molar-refractivity contribution >= 4 is 22.0 Å². The average Bonchev–Trinajstić information content (AvgIpc) is 2.46. The maximum atomic E-state index is 13.3. The molecule has 0 aromatic carbocycles. The Kier molecular flexibility index (Phi) is 7.39. The van der Waals surface area contributed by atoms with Crippen LogP contribution in [0.15, 0.2) is 25.1 Å². The predicted octanol–water partition coefficient (Wildman–Crippen LogP) is 1.07. The molecule has 0 fully saturated rings. The molecule has 0 aliphatic rings. The lowest BCUT2D eigenvalue weighted by molar-refractivity contribution is -0.352. The third kappa shape index (κ3) is 5.43. The normalized spacial score (nSPS) is 14.9. The van der Waals surface area contributed by atoms with Crippen molar-refractivity contribution in [2.24, 2.45) is 0 Å². The number of nitrogens with one attached hydrogen (secondary N) is 1. The molecule has 0 heterocycles. The molecule has 0 saturated heterocycles. The highest BCUT2D eigenvalue weighted by Crippen LogP contribution is 2.38. The highest BCUT2D eigenvalue weighted by atomic mass is 32.2. The second-order valence-corrected chi connectivity index (χ2v) is 5.86. The van der Waals surface area contributed by atoms with E-state index >= 15 is 0 Å². The maximum Gasteiger partial charge on any atom is 0.466 e. The largest absolute Gasteiger partial charge is 0.466 e. The zero-order valence-corrected chi connectivity index (χ0v) is 13.3. The number of carbonyl (C=O) groups is 2. The van der Waals surface area contributed by atoms with Crippen LogP contribution in [-0.2, 0) is 29.2 Å². The van der Waals surface area contributed by atoms with Crippen LogP contribution in [0.25, 0.3) is 0 Å². The summed E-state index contributed by atoms with van der Waals surface area (Å²) in [4.78, 5) is 22.8. The Labute approximate surface area is 142 Å². The molecule has 150 valence electrons. The lowest BCUT2D eigenvalue weighted by Crippen LogP contribution is -2.62. The number of rotatable bonds is 9. The molecule has 26 heavy (non-hydrogen) atoms. The summed E-state index contributed by atoms with van der Waals surface area (Å²) in [6.07, 6.45) is -5.25. The number of hydrogen-bond donors (Lipinski definition) is 2. The summed E-state index contributed by atoms with van der Waals surface area (Å²) in [6.45, 7) is 1.84. The van der Waals surface area contributed by atoms with E-state index in [0.29, 0.717) is 0 Å². The van der Waals surface area contributed by atoms with Crippen LogP contribution in [0.5, 0.6) is 0 Å². The van der Waals surface area contributed by atoms with Crippen LogP contribution in [0, 0.1) is 0 Å². The van der Waals surface area contributed by atoms with Crippen molar-refractivity contribution in [2.75, 3.05) is 13.2 Å². The van der Waals surface area contributed by atoms with E-state index in [2.05, 4.69) is 22.6 Å². The van der Waals surface area contributed by atoms with Gasteiger partial charge in [0.25, 0.3) is 0 Å². The van der Waals surface area contributed by atoms with Crippen LogP contribution in [-0.4, -0.2) is 55.2 Å². The van der Waals surface area contributed by atoms with Crippen LogP contribution in [0.3, 0.4) is 0 Å². The maximum absolute atomic E-state index is 13.3. The van der Waals surface area contributed by atoms with Crippen molar-refractivity contribution < 1.29 is 58.4 Å². The number of ether oxygens (including phenoxy) is 2. The van der Waals surface area contributed by atoms with Crippen LogP contribution in [0.2, 0.25) is 0 Å². The van der Waals surface area contributed by atoms with Gasteiger partial charge in [0.05, 0.1) is 0 Å². The quantitative estimate of drug-likeness (QED) is 0.144. The fourth-order valence-electron chi connectivity index (χ4n) is 1.14. The van der Waals surface area contributed by atoms with Crippen molar-refractivity contribution in [3.05, 3.63) is 25.1 Å². The standard InChI is InChI=1S/C11H11F6NO7S/c1-3-4-18-8(20)10(11(15,16)17,25-7(19)6(2)12)24-5-9(13,14)26(21,22)23/h3H,1-2,4-5H2,(H,18,20)(H,21,22,23). The van der Waals surface area contributed by atoms with E-state index in [0.717, 1.165) is 6.08 Å². The highest BCUT2D eigenvalue weighted by Gasteiger charge is 2.67. The summed E-state index contributed by atoms with van der Waals surface area (Å²) >= 11 is 0. The van der Waals surface area contributed by atoms with Gasteiger partial charge in [-0.05, 0) is 0 Å². The first kappa shape index (κ1) is 23.9. The first-order chi connectivity index (χ1) is 11.5. The molecule has 1 amide bonds. The Bertz CT molecular complexity index is 690. The summed E-state index contributed by atoms with van der Waals surface area (Å²) in [5.74, 6) is -12.0. The molecule has 0 radical (unpaired) electrons. The number of carbonyl (C=O) groups excluding carboxylic acids is 2. The van der Waals surface area contributed by atoms with Gasteiger partial charge in [-0.2, -0.15) is 34.8 Å². The van der Waals surface area contributed by atoms with Crippen LogP contribution < -0.4 is 5.32 Å². The van der Waals surface area contributed by atoms with Crippen LogP contribution >= 0.6 is 0 Å².